The Labute approximate surface area is 136 Å². The predicted molar refractivity (Wildman–Crippen MR) is 83.9 cm³/mol. The number of fused-ring (bicyclic) bond motifs is 1. The van der Waals surface area contributed by atoms with E-state index >= 15 is 0 Å². The summed E-state index contributed by atoms with van der Waals surface area (Å²) in [5.41, 5.74) is 0.785. The second kappa shape index (κ2) is 6.07. The van der Waals surface area contributed by atoms with Crippen LogP contribution in [0.3, 0.4) is 0 Å². The molecule has 0 spiro atoms. The number of carbonyl (C=O) groups excluding carboxylic acids is 1. The van der Waals surface area contributed by atoms with Crippen LogP contribution < -0.4 is 10.6 Å². The summed E-state index contributed by atoms with van der Waals surface area (Å²) in [4.78, 5) is 12.3. The Morgan fingerprint density at radius 3 is 2.71 bits per heavy atom. The van der Waals surface area contributed by atoms with Gasteiger partial charge in [0.25, 0.3) is 0 Å². The molecule has 1 aliphatic rings. The first kappa shape index (κ1) is 16.2. The normalized spacial score (nSPS) is 16.9. The van der Waals surface area contributed by atoms with Gasteiger partial charge in [0.1, 0.15) is 5.75 Å². The zero-order valence-electron chi connectivity index (χ0n) is 12.5. The molecular weight excluding hydrogens is 321 g/mol. The molecule has 7 heteroatoms. The maximum Gasteiger partial charge on any atom is 0.420 e. The van der Waals surface area contributed by atoms with E-state index in [9.17, 15) is 23.1 Å². The lowest BCUT2D eigenvalue weighted by atomic mass is 9.93. The fraction of sp³-hybridized carbons (Fsp3) is 0.235. The first-order valence-electron chi connectivity index (χ1n) is 7.37. The second-order valence-electron chi connectivity index (χ2n) is 5.66. The molecule has 0 fully saturated rings. The number of amides is 1. The molecule has 24 heavy (non-hydrogen) atoms. The molecular formula is C17H15F3N2O2. The van der Waals surface area contributed by atoms with Crippen LogP contribution in [0.4, 0.5) is 24.5 Å². The SMILES string of the molecule is O=C(Nc1ccc(O)c(C(F)(F)F)c1)C1CNc2ccccc2C1. The lowest BCUT2D eigenvalue weighted by Gasteiger charge is -2.25. The molecule has 3 N–H and O–H groups in total. The third kappa shape index (κ3) is 3.29. The van der Waals surface area contributed by atoms with Gasteiger partial charge in [-0.05, 0) is 36.2 Å². The minimum absolute atomic E-state index is 0.00369. The van der Waals surface area contributed by atoms with Crippen LogP contribution >= 0.6 is 0 Å². The van der Waals surface area contributed by atoms with Crippen molar-refractivity contribution in [3.05, 3.63) is 53.6 Å². The largest absolute Gasteiger partial charge is 0.507 e. The number of para-hydroxylation sites is 1. The van der Waals surface area contributed by atoms with Crippen LogP contribution in [-0.4, -0.2) is 17.6 Å². The summed E-state index contributed by atoms with van der Waals surface area (Å²) >= 11 is 0. The number of alkyl halides is 3. The summed E-state index contributed by atoms with van der Waals surface area (Å²) in [6.45, 7) is 0.410. The van der Waals surface area contributed by atoms with Crippen LogP contribution in [0.25, 0.3) is 0 Å². The molecule has 0 aromatic heterocycles. The molecule has 2 aromatic rings. The Morgan fingerprint density at radius 1 is 1.21 bits per heavy atom. The van der Waals surface area contributed by atoms with E-state index in [0.29, 0.717) is 13.0 Å². The maximum absolute atomic E-state index is 12.8. The first-order valence-corrected chi connectivity index (χ1v) is 7.37. The van der Waals surface area contributed by atoms with Gasteiger partial charge in [-0.3, -0.25) is 4.79 Å². The lowest BCUT2D eigenvalue weighted by Crippen LogP contribution is -2.33. The van der Waals surface area contributed by atoms with E-state index in [2.05, 4.69) is 10.6 Å². The number of anilines is 2. The number of hydrogen-bond acceptors (Lipinski definition) is 3. The van der Waals surface area contributed by atoms with Crippen LogP contribution in [0.5, 0.6) is 5.75 Å². The summed E-state index contributed by atoms with van der Waals surface area (Å²) in [6, 6.07) is 10.5. The molecule has 1 aliphatic heterocycles. The summed E-state index contributed by atoms with van der Waals surface area (Å²) in [7, 11) is 0. The van der Waals surface area contributed by atoms with Gasteiger partial charge >= 0.3 is 6.18 Å². The molecule has 1 amide bonds. The first-order chi connectivity index (χ1) is 11.3. The number of aromatic hydroxyl groups is 1. The molecule has 1 heterocycles. The number of nitrogens with one attached hydrogen (secondary N) is 2. The highest BCUT2D eigenvalue weighted by Crippen LogP contribution is 2.37. The fourth-order valence-electron chi connectivity index (χ4n) is 2.71. The molecule has 0 aliphatic carbocycles. The molecule has 0 bridgehead atoms. The monoisotopic (exact) mass is 336 g/mol. The Hall–Kier alpha value is -2.70. The topological polar surface area (TPSA) is 61.4 Å². The quantitative estimate of drug-likeness (QED) is 0.734. The molecule has 4 nitrogen and oxygen atoms in total. The van der Waals surface area contributed by atoms with E-state index in [1.54, 1.807) is 0 Å². The van der Waals surface area contributed by atoms with Crippen molar-refractivity contribution in [2.24, 2.45) is 5.92 Å². The number of phenolic OH excluding ortho intramolecular Hbond substituents is 1. The molecule has 2 aromatic carbocycles. The maximum atomic E-state index is 12.8. The van der Waals surface area contributed by atoms with Crippen molar-refractivity contribution in [3.8, 4) is 5.75 Å². The van der Waals surface area contributed by atoms with Crippen LogP contribution in [0.15, 0.2) is 42.5 Å². The van der Waals surface area contributed by atoms with Gasteiger partial charge in [0, 0.05) is 17.9 Å². The number of rotatable bonds is 2. The van der Waals surface area contributed by atoms with Crippen molar-refractivity contribution in [1.82, 2.24) is 0 Å². The number of hydrogen-bond donors (Lipinski definition) is 3. The van der Waals surface area contributed by atoms with Crippen molar-refractivity contribution >= 4 is 17.3 Å². The number of halogens is 3. The highest BCUT2D eigenvalue weighted by atomic mass is 19.4. The Balaban J connectivity index is 1.74. The van der Waals surface area contributed by atoms with Crippen LogP contribution in [0, 0.1) is 5.92 Å². The zero-order chi connectivity index (χ0) is 17.3. The predicted octanol–water partition coefficient (Wildman–Crippen LogP) is 3.63. The standard InChI is InChI=1S/C17H15F3N2O2/c18-17(19,20)13-8-12(5-6-15(13)23)22-16(24)11-7-10-3-1-2-4-14(10)21-9-11/h1-6,8,11,21,23H,7,9H2,(H,22,24). The highest BCUT2D eigenvalue weighted by Gasteiger charge is 2.34. The van der Waals surface area contributed by atoms with Crippen LogP contribution in [0.2, 0.25) is 0 Å². The minimum atomic E-state index is -4.68. The van der Waals surface area contributed by atoms with Crippen LogP contribution in [-0.2, 0) is 17.4 Å². The smallest absolute Gasteiger partial charge is 0.420 e. The van der Waals surface area contributed by atoms with E-state index in [4.69, 9.17) is 0 Å². The molecule has 1 atom stereocenters. The summed E-state index contributed by atoms with van der Waals surface area (Å²) in [6.07, 6.45) is -4.17. The van der Waals surface area contributed by atoms with Gasteiger partial charge in [-0.1, -0.05) is 18.2 Å². The average molecular weight is 336 g/mol. The average Bonchev–Trinajstić information content (AvgIpc) is 2.55. The van der Waals surface area contributed by atoms with Crippen molar-refractivity contribution in [2.45, 2.75) is 12.6 Å². The van der Waals surface area contributed by atoms with E-state index in [-0.39, 0.29) is 17.5 Å². The van der Waals surface area contributed by atoms with Crippen LogP contribution in [0.1, 0.15) is 11.1 Å². The number of phenols is 1. The number of benzene rings is 2. The Bertz CT molecular complexity index is 775. The second-order valence-corrected chi connectivity index (χ2v) is 5.66. The van der Waals surface area contributed by atoms with Crippen molar-refractivity contribution in [1.29, 1.82) is 0 Å². The van der Waals surface area contributed by atoms with E-state index < -0.39 is 17.5 Å². The summed E-state index contributed by atoms with van der Waals surface area (Å²) in [5.74, 6) is -1.62. The van der Waals surface area contributed by atoms with Gasteiger partial charge in [-0.15, -0.1) is 0 Å². The fourth-order valence-corrected chi connectivity index (χ4v) is 2.71. The van der Waals surface area contributed by atoms with E-state index in [0.717, 1.165) is 23.4 Å². The number of carbonyl (C=O) groups is 1. The van der Waals surface area contributed by atoms with E-state index in [1.807, 2.05) is 24.3 Å². The third-order valence-electron chi connectivity index (χ3n) is 3.96. The molecule has 0 radical (unpaired) electrons. The summed E-state index contributed by atoms with van der Waals surface area (Å²) in [5, 5.41) is 15.0. The minimum Gasteiger partial charge on any atom is -0.507 e. The van der Waals surface area contributed by atoms with Crippen molar-refractivity contribution in [2.75, 3.05) is 17.2 Å². The summed E-state index contributed by atoms with van der Waals surface area (Å²) < 4.78 is 38.4. The molecule has 0 saturated heterocycles. The van der Waals surface area contributed by atoms with Gasteiger partial charge in [-0.25, -0.2) is 0 Å². The molecule has 3 rings (SSSR count). The molecule has 0 saturated carbocycles. The van der Waals surface area contributed by atoms with Crippen molar-refractivity contribution in [3.63, 3.8) is 0 Å². The molecule has 126 valence electrons. The van der Waals surface area contributed by atoms with Gasteiger partial charge in [0.05, 0.1) is 11.5 Å². The van der Waals surface area contributed by atoms with Crippen molar-refractivity contribution < 1.29 is 23.1 Å². The van der Waals surface area contributed by atoms with Gasteiger partial charge < -0.3 is 15.7 Å². The highest BCUT2D eigenvalue weighted by molar-refractivity contribution is 5.93. The van der Waals surface area contributed by atoms with Gasteiger partial charge in [-0.2, -0.15) is 13.2 Å². The molecule has 1 unspecified atom stereocenters. The third-order valence-corrected chi connectivity index (χ3v) is 3.96. The van der Waals surface area contributed by atoms with E-state index in [1.165, 1.54) is 6.07 Å². The Morgan fingerprint density at radius 2 is 1.96 bits per heavy atom. The van der Waals surface area contributed by atoms with Gasteiger partial charge in [0.2, 0.25) is 5.91 Å². The Kier molecular flexibility index (Phi) is 4.09. The lowest BCUT2D eigenvalue weighted by molar-refractivity contribution is -0.138. The zero-order valence-corrected chi connectivity index (χ0v) is 12.5. The van der Waals surface area contributed by atoms with Gasteiger partial charge in [0.15, 0.2) is 0 Å².